The highest BCUT2D eigenvalue weighted by atomic mass is 19.1. The first-order valence-electron chi connectivity index (χ1n) is 3.55. The van der Waals surface area contributed by atoms with E-state index in [1.807, 2.05) is 0 Å². The number of carbonyl (C=O) groups is 1. The lowest BCUT2D eigenvalue weighted by molar-refractivity contribution is -0.124. The second-order valence-corrected chi connectivity index (χ2v) is 3.02. The number of hydrogen-bond donors (Lipinski definition) is 1. The summed E-state index contributed by atoms with van der Waals surface area (Å²) in [6.07, 6.45) is -0.291. The average molecular weight is 145 g/mol. The van der Waals surface area contributed by atoms with Gasteiger partial charge in [0.15, 0.2) is 0 Å². The molecule has 1 N–H and O–H groups in total. The van der Waals surface area contributed by atoms with Gasteiger partial charge in [0.25, 0.3) is 0 Å². The fourth-order valence-electron chi connectivity index (χ4n) is 0.663. The molecule has 0 spiro atoms. The molecule has 0 radical (unpaired) electrons. The third-order valence-corrected chi connectivity index (χ3v) is 1.56. The second-order valence-electron chi connectivity index (χ2n) is 3.02. The van der Waals surface area contributed by atoms with E-state index in [2.05, 4.69) is 5.32 Å². The van der Waals surface area contributed by atoms with Crippen LogP contribution in [0.2, 0.25) is 0 Å². The highest BCUT2D eigenvalue weighted by Gasteiger charge is 2.38. The lowest BCUT2D eigenvalue weighted by Gasteiger charge is -2.04. The van der Waals surface area contributed by atoms with Crippen molar-refractivity contribution in [1.29, 1.82) is 0 Å². The quantitative estimate of drug-likeness (QED) is 0.613. The van der Waals surface area contributed by atoms with Gasteiger partial charge in [-0.15, -0.1) is 0 Å². The van der Waals surface area contributed by atoms with Crippen molar-refractivity contribution in [1.82, 2.24) is 5.32 Å². The third kappa shape index (κ3) is 1.69. The van der Waals surface area contributed by atoms with E-state index >= 15 is 0 Å². The fraction of sp³-hybridized carbons (Fsp3) is 0.857. The molecule has 0 unspecified atom stereocenters. The van der Waals surface area contributed by atoms with Gasteiger partial charge in [-0.25, -0.2) is 4.39 Å². The van der Waals surface area contributed by atoms with Crippen LogP contribution < -0.4 is 5.32 Å². The van der Waals surface area contributed by atoms with E-state index in [1.165, 1.54) is 0 Å². The predicted octanol–water partition coefficient (Wildman–Crippen LogP) is 0.869. The Morgan fingerprint density at radius 3 is 2.50 bits per heavy atom. The standard InChI is InChI=1S/C7H12FNO/c1-4(2)7(10)9-6-3-5(6)8/h4-6H,3H2,1-2H3,(H,9,10)/t5-,6+/m0/s1. The molecule has 0 saturated heterocycles. The predicted molar refractivity (Wildman–Crippen MR) is 36.3 cm³/mol. The molecule has 1 aliphatic carbocycles. The SMILES string of the molecule is CC(C)C(=O)N[C@@H]1C[C@@H]1F. The highest BCUT2D eigenvalue weighted by molar-refractivity contribution is 5.78. The van der Waals surface area contributed by atoms with Crippen LogP contribution in [0.1, 0.15) is 20.3 Å². The molecule has 1 rings (SSSR count). The average Bonchev–Trinajstić information content (AvgIpc) is 2.46. The zero-order valence-electron chi connectivity index (χ0n) is 6.23. The minimum Gasteiger partial charge on any atom is -0.350 e. The molecule has 0 aromatic rings. The molecule has 0 aromatic heterocycles. The van der Waals surface area contributed by atoms with Gasteiger partial charge in [0.2, 0.25) is 5.91 Å². The van der Waals surface area contributed by atoms with Crippen molar-refractivity contribution in [3.63, 3.8) is 0 Å². The van der Waals surface area contributed by atoms with E-state index in [9.17, 15) is 9.18 Å². The van der Waals surface area contributed by atoms with Crippen LogP contribution in [-0.4, -0.2) is 18.1 Å². The molecule has 1 saturated carbocycles. The van der Waals surface area contributed by atoms with E-state index in [1.54, 1.807) is 13.8 Å². The molecule has 2 atom stereocenters. The van der Waals surface area contributed by atoms with Gasteiger partial charge < -0.3 is 5.32 Å². The summed E-state index contributed by atoms with van der Waals surface area (Å²) in [4.78, 5) is 10.9. The number of alkyl halides is 1. The molecule has 3 heteroatoms. The number of rotatable bonds is 2. The zero-order valence-corrected chi connectivity index (χ0v) is 6.23. The molecule has 0 heterocycles. The van der Waals surface area contributed by atoms with E-state index < -0.39 is 6.17 Å². The van der Waals surface area contributed by atoms with Gasteiger partial charge >= 0.3 is 0 Å². The van der Waals surface area contributed by atoms with Crippen LogP contribution in [0.3, 0.4) is 0 Å². The molecule has 0 aliphatic heterocycles. The van der Waals surface area contributed by atoms with Crippen LogP contribution in [-0.2, 0) is 4.79 Å². The molecule has 58 valence electrons. The van der Waals surface area contributed by atoms with Gasteiger partial charge in [-0.1, -0.05) is 13.8 Å². The largest absolute Gasteiger partial charge is 0.350 e. The van der Waals surface area contributed by atoms with E-state index in [-0.39, 0.29) is 17.9 Å². The smallest absolute Gasteiger partial charge is 0.222 e. The maximum Gasteiger partial charge on any atom is 0.222 e. The van der Waals surface area contributed by atoms with Crippen LogP contribution >= 0.6 is 0 Å². The number of hydrogen-bond acceptors (Lipinski definition) is 1. The third-order valence-electron chi connectivity index (χ3n) is 1.56. The minimum absolute atomic E-state index is 0.0344. The molecule has 2 nitrogen and oxygen atoms in total. The number of carbonyl (C=O) groups excluding carboxylic acids is 1. The molecule has 10 heavy (non-hydrogen) atoms. The van der Waals surface area contributed by atoms with Gasteiger partial charge in [-0.05, 0) is 0 Å². The Bertz CT molecular complexity index is 147. The summed E-state index contributed by atoms with van der Waals surface area (Å²) in [5.41, 5.74) is 0. The van der Waals surface area contributed by atoms with E-state index in [0.29, 0.717) is 6.42 Å². The summed E-state index contributed by atoms with van der Waals surface area (Å²) in [7, 11) is 0. The van der Waals surface area contributed by atoms with Gasteiger partial charge in [0.1, 0.15) is 6.17 Å². The van der Waals surface area contributed by atoms with Crippen LogP contribution in [0.4, 0.5) is 4.39 Å². The Hall–Kier alpha value is -0.600. The fourth-order valence-corrected chi connectivity index (χ4v) is 0.663. The minimum atomic E-state index is -0.789. The lowest BCUT2D eigenvalue weighted by Crippen LogP contribution is -2.30. The summed E-state index contributed by atoms with van der Waals surface area (Å²) < 4.78 is 12.2. The van der Waals surface area contributed by atoms with Crippen LogP contribution in [0, 0.1) is 5.92 Å². The zero-order chi connectivity index (χ0) is 7.72. The number of amides is 1. The number of nitrogens with one attached hydrogen (secondary N) is 1. The van der Waals surface area contributed by atoms with E-state index in [4.69, 9.17) is 0 Å². The first kappa shape index (κ1) is 7.51. The van der Waals surface area contributed by atoms with Crippen molar-refractivity contribution >= 4 is 5.91 Å². The van der Waals surface area contributed by atoms with Crippen molar-refractivity contribution in [2.75, 3.05) is 0 Å². The molecule has 1 fully saturated rings. The summed E-state index contributed by atoms with van der Waals surface area (Å²) >= 11 is 0. The van der Waals surface area contributed by atoms with Gasteiger partial charge in [0, 0.05) is 12.3 Å². The maximum atomic E-state index is 12.2. The van der Waals surface area contributed by atoms with Crippen molar-refractivity contribution in [3.05, 3.63) is 0 Å². The first-order chi connectivity index (χ1) is 4.61. The van der Waals surface area contributed by atoms with E-state index in [0.717, 1.165) is 0 Å². The Labute approximate surface area is 59.8 Å². The normalized spacial score (nSPS) is 30.4. The van der Waals surface area contributed by atoms with Crippen molar-refractivity contribution in [3.8, 4) is 0 Å². The Balaban J connectivity index is 2.20. The Morgan fingerprint density at radius 1 is 1.70 bits per heavy atom. The summed E-state index contributed by atoms with van der Waals surface area (Å²) in [6.45, 7) is 3.59. The van der Waals surface area contributed by atoms with Crippen LogP contribution in [0.25, 0.3) is 0 Å². The molecule has 0 bridgehead atoms. The number of halogens is 1. The van der Waals surface area contributed by atoms with Crippen molar-refractivity contribution in [2.24, 2.45) is 5.92 Å². The Kier molecular flexibility index (Phi) is 1.92. The summed E-state index contributed by atoms with van der Waals surface area (Å²) in [5, 5.41) is 2.59. The first-order valence-corrected chi connectivity index (χ1v) is 3.55. The van der Waals surface area contributed by atoms with Gasteiger partial charge in [-0.2, -0.15) is 0 Å². The topological polar surface area (TPSA) is 29.1 Å². The summed E-state index contributed by atoms with van der Waals surface area (Å²) in [6, 6.07) is -0.185. The Morgan fingerprint density at radius 2 is 2.20 bits per heavy atom. The van der Waals surface area contributed by atoms with Crippen molar-refractivity contribution in [2.45, 2.75) is 32.5 Å². The van der Waals surface area contributed by atoms with Crippen molar-refractivity contribution < 1.29 is 9.18 Å². The van der Waals surface area contributed by atoms with Crippen LogP contribution in [0.15, 0.2) is 0 Å². The van der Waals surface area contributed by atoms with Gasteiger partial charge in [0.05, 0.1) is 6.04 Å². The molecular formula is C7H12FNO. The van der Waals surface area contributed by atoms with Gasteiger partial charge in [-0.3, -0.25) is 4.79 Å². The summed E-state index contributed by atoms with van der Waals surface area (Å²) in [5.74, 6) is -0.0852. The lowest BCUT2D eigenvalue weighted by atomic mass is 10.2. The maximum absolute atomic E-state index is 12.2. The monoisotopic (exact) mass is 145 g/mol. The molecule has 1 aliphatic rings. The molecule has 0 aromatic carbocycles. The highest BCUT2D eigenvalue weighted by Crippen LogP contribution is 2.24. The molecular weight excluding hydrogens is 133 g/mol. The van der Waals surface area contributed by atoms with Crippen LogP contribution in [0.5, 0.6) is 0 Å². The second kappa shape index (κ2) is 2.56. The molecule has 1 amide bonds.